The van der Waals surface area contributed by atoms with Crippen LogP contribution in [0.3, 0.4) is 0 Å². The molecule has 0 amide bonds. The topological polar surface area (TPSA) is 44.8 Å². The molecular formula is C12H15ClO4. The minimum Gasteiger partial charge on any atom is -0.497 e. The van der Waals surface area contributed by atoms with Gasteiger partial charge in [0, 0.05) is 11.9 Å². The Kier molecular flexibility index (Phi) is 5.63. The number of carbonyl (C=O) groups excluding carboxylic acids is 1. The molecule has 0 radical (unpaired) electrons. The van der Waals surface area contributed by atoms with Crippen molar-refractivity contribution in [3.05, 3.63) is 23.8 Å². The number of halogens is 1. The maximum atomic E-state index is 11.5. The predicted molar refractivity (Wildman–Crippen MR) is 65.2 cm³/mol. The van der Waals surface area contributed by atoms with Crippen molar-refractivity contribution in [2.75, 3.05) is 26.7 Å². The van der Waals surface area contributed by atoms with E-state index < -0.39 is 5.97 Å². The summed E-state index contributed by atoms with van der Waals surface area (Å²) >= 11 is 5.56. The van der Waals surface area contributed by atoms with Gasteiger partial charge in [-0.2, -0.15) is 0 Å². The zero-order valence-electron chi connectivity index (χ0n) is 9.86. The maximum absolute atomic E-state index is 11.5. The minimum absolute atomic E-state index is 0.378. The molecule has 0 unspecified atom stereocenters. The summed E-state index contributed by atoms with van der Waals surface area (Å²) in [6.07, 6.45) is 0.708. The average molecular weight is 259 g/mol. The summed E-state index contributed by atoms with van der Waals surface area (Å²) in [7, 11) is 2.88. The molecule has 0 aromatic heterocycles. The van der Waals surface area contributed by atoms with Crippen LogP contribution in [0.1, 0.15) is 16.8 Å². The molecular weight excluding hydrogens is 244 g/mol. The molecule has 0 bridgehead atoms. The first-order chi connectivity index (χ1) is 8.22. The Labute approximate surface area is 105 Å². The normalized spacial score (nSPS) is 9.82. The van der Waals surface area contributed by atoms with E-state index in [0.717, 1.165) is 0 Å². The Balaban J connectivity index is 2.90. The SMILES string of the molecule is COC(=O)c1ccc(OC)cc1OCCCCl. The van der Waals surface area contributed by atoms with E-state index >= 15 is 0 Å². The summed E-state index contributed by atoms with van der Waals surface area (Å²) in [5, 5.41) is 0. The molecule has 0 N–H and O–H groups in total. The van der Waals surface area contributed by atoms with E-state index in [1.165, 1.54) is 7.11 Å². The quantitative estimate of drug-likeness (QED) is 0.447. The Morgan fingerprint density at radius 1 is 1.35 bits per heavy atom. The summed E-state index contributed by atoms with van der Waals surface area (Å²) < 4.78 is 15.2. The lowest BCUT2D eigenvalue weighted by molar-refractivity contribution is 0.0596. The van der Waals surface area contributed by atoms with Crippen molar-refractivity contribution in [1.82, 2.24) is 0 Å². The number of benzene rings is 1. The summed E-state index contributed by atoms with van der Waals surface area (Å²) in [6.45, 7) is 0.445. The number of hydrogen-bond acceptors (Lipinski definition) is 4. The zero-order valence-corrected chi connectivity index (χ0v) is 10.6. The van der Waals surface area contributed by atoms with Gasteiger partial charge in [0.1, 0.15) is 17.1 Å². The lowest BCUT2D eigenvalue weighted by atomic mass is 10.2. The van der Waals surface area contributed by atoms with Gasteiger partial charge in [-0.1, -0.05) is 0 Å². The van der Waals surface area contributed by atoms with E-state index in [2.05, 4.69) is 4.74 Å². The van der Waals surface area contributed by atoms with Gasteiger partial charge in [-0.25, -0.2) is 4.79 Å². The van der Waals surface area contributed by atoms with Crippen LogP contribution in [0.5, 0.6) is 11.5 Å². The molecule has 0 spiro atoms. The van der Waals surface area contributed by atoms with Crippen molar-refractivity contribution in [2.45, 2.75) is 6.42 Å². The lowest BCUT2D eigenvalue weighted by Gasteiger charge is -2.11. The van der Waals surface area contributed by atoms with Gasteiger partial charge in [-0.05, 0) is 18.6 Å². The first-order valence-corrected chi connectivity index (χ1v) is 5.71. The van der Waals surface area contributed by atoms with Crippen LogP contribution >= 0.6 is 11.6 Å². The number of hydrogen-bond donors (Lipinski definition) is 0. The Morgan fingerprint density at radius 2 is 2.12 bits per heavy atom. The van der Waals surface area contributed by atoms with E-state index in [9.17, 15) is 4.79 Å². The van der Waals surface area contributed by atoms with Gasteiger partial charge in [-0.3, -0.25) is 0 Å². The highest BCUT2D eigenvalue weighted by molar-refractivity contribution is 6.17. The molecule has 1 rings (SSSR count). The first kappa shape index (κ1) is 13.6. The van der Waals surface area contributed by atoms with Crippen LogP contribution in [-0.4, -0.2) is 32.7 Å². The fourth-order valence-electron chi connectivity index (χ4n) is 1.26. The Bertz CT molecular complexity index is 379. The Morgan fingerprint density at radius 3 is 2.71 bits per heavy atom. The van der Waals surface area contributed by atoms with E-state index in [4.69, 9.17) is 21.1 Å². The molecule has 0 saturated heterocycles. The molecule has 0 aliphatic heterocycles. The van der Waals surface area contributed by atoms with Crippen molar-refractivity contribution in [3.63, 3.8) is 0 Å². The standard InChI is InChI=1S/C12H15ClO4/c1-15-9-4-5-10(12(14)16-2)11(8-9)17-7-3-6-13/h4-5,8H,3,6-7H2,1-2H3. The summed E-state index contributed by atoms with van der Waals surface area (Å²) in [6, 6.07) is 4.95. The average Bonchev–Trinajstić information content (AvgIpc) is 2.38. The number of ether oxygens (including phenoxy) is 3. The molecule has 0 heterocycles. The molecule has 5 heteroatoms. The summed E-state index contributed by atoms with van der Waals surface area (Å²) in [5.41, 5.74) is 0.378. The molecule has 4 nitrogen and oxygen atoms in total. The summed E-state index contributed by atoms with van der Waals surface area (Å²) in [5.74, 6) is 1.14. The second-order valence-corrected chi connectivity index (χ2v) is 3.62. The van der Waals surface area contributed by atoms with Gasteiger partial charge in [0.25, 0.3) is 0 Å². The predicted octanol–water partition coefficient (Wildman–Crippen LogP) is 2.49. The highest BCUT2D eigenvalue weighted by atomic mass is 35.5. The van der Waals surface area contributed by atoms with Crippen LogP contribution < -0.4 is 9.47 Å². The zero-order chi connectivity index (χ0) is 12.7. The molecule has 0 fully saturated rings. The molecule has 94 valence electrons. The Hall–Kier alpha value is -1.42. The van der Waals surface area contributed by atoms with Crippen molar-refractivity contribution >= 4 is 17.6 Å². The minimum atomic E-state index is -0.437. The van der Waals surface area contributed by atoms with E-state index in [0.29, 0.717) is 36.0 Å². The van der Waals surface area contributed by atoms with Crippen LogP contribution in [0.25, 0.3) is 0 Å². The van der Waals surface area contributed by atoms with Crippen LogP contribution in [-0.2, 0) is 4.74 Å². The highest BCUT2D eigenvalue weighted by Gasteiger charge is 2.13. The van der Waals surface area contributed by atoms with Crippen LogP contribution in [0, 0.1) is 0 Å². The van der Waals surface area contributed by atoms with Crippen LogP contribution in [0.15, 0.2) is 18.2 Å². The monoisotopic (exact) mass is 258 g/mol. The number of rotatable bonds is 6. The van der Waals surface area contributed by atoms with E-state index in [1.54, 1.807) is 25.3 Å². The molecule has 0 aliphatic rings. The fourth-order valence-corrected chi connectivity index (χ4v) is 1.37. The maximum Gasteiger partial charge on any atom is 0.341 e. The lowest BCUT2D eigenvalue weighted by Crippen LogP contribution is -2.07. The largest absolute Gasteiger partial charge is 0.497 e. The second kappa shape index (κ2) is 7.01. The molecule has 0 saturated carbocycles. The van der Waals surface area contributed by atoms with Gasteiger partial charge in [0.05, 0.1) is 20.8 Å². The van der Waals surface area contributed by atoms with Crippen LogP contribution in [0.2, 0.25) is 0 Å². The fraction of sp³-hybridized carbons (Fsp3) is 0.417. The van der Waals surface area contributed by atoms with E-state index in [-0.39, 0.29) is 0 Å². The van der Waals surface area contributed by atoms with Gasteiger partial charge in [0.15, 0.2) is 0 Å². The molecule has 1 aromatic carbocycles. The third-order valence-electron chi connectivity index (χ3n) is 2.13. The van der Waals surface area contributed by atoms with Gasteiger partial charge in [0.2, 0.25) is 0 Å². The summed E-state index contributed by atoms with van der Waals surface area (Å²) in [4.78, 5) is 11.5. The highest BCUT2D eigenvalue weighted by Crippen LogP contribution is 2.25. The third-order valence-corrected chi connectivity index (χ3v) is 2.40. The van der Waals surface area contributed by atoms with Gasteiger partial charge in [-0.15, -0.1) is 11.6 Å². The number of methoxy groups -OCH3 is 2. The van der Waals surface area contributed by atoms with Crippen LogP contribution in [0.4, 0.5) is 0 Å². The van der Waals surface area contributed by atoms with Gasteiger partial charge < -0.3 is 14.2 Å². The van der Waals surface area contributed by atoms with Crippen molar-refractivity contribution < 1.29 is 19.0 Å². The molecule has 17 heavy (non-hydrogen) atoms. The van der Waals surface area contributed by atoms with Crippen molar-refractivity contribution in [1.29, 1.82) is 0 Å². The third kappa shape index (κ3) is 3.82. The molecule has 0 aliphatic carbocycles. The molecule has 0 atom stereocenters. The van der Waals surface area contributed by atoms with Crippen molar-refractivity contribution in [2.24, 2.45) is 0 Å². The van der Waals surface area contributed by atoms with Crippen molar-refractivity contribution in [3.8, 4) is 11.5 Å². The van der Waals surface area contributed by atoms with E-state index in [1.807, 2.05) is 0 Å². The number of esters is 1. The molecule has 1 aromatic rings. The first-order valence-electron chi connectivity index (χ1n) is 5.18. The van der Waals surface area contributed by atoms with Gasteiger partial charge >= 0.3 is 5.97 Å². The number of alkyl halides is 1. The number of carbonyl (C=O) groups is 1. The second-order valence-electron chi connectivity index (χ2n) is 3.24. The smallest absolute Gasteiger partial charge is 0.341 e.